The van der Waals surface area contributed by atoms with Gasteiger partial charge in [-0.2, -0.15) is 0 Å². The number of hydrogen-bond donors (Lipinski definition) is 2. The topological polar surface area (TPSA) is 44.4 Å². The minimum atomic E-state index is 0.0160. The molecule has 0 spiro atoms. The molecule has 1 amide bonds. The third-order valence-electron chi connectivity index (χ3n) is 4.33. The quantitative estimate of drug-likeness (QED) is 0.874. The minimum Gasteiger partial charge on any atom is -0.319 e. The van der Waals surface area contributed by atoms with E-state index < -0.39 is 0 Å². The zero-order chi connectivity index (χ0) is 15.2. The summed E-state index contributed by atoms with van der Waals surface area (Å²) in [5, 5.41) is 5.26. The maximum Gasteiger partial charge on any atom is 0.265 e. The number of piperidine rings is 1. The first-order valence-corrected chi connectivity index (χ1v) is 7.95. The number of hydrazine groups is 1. The second-order valence-corrected chi connectivity index (χ2v) is 5.99. The van der Waals surface area contributed by atoms with E-state index in [-0.39, 0.29) is 5.91 Å². The van der Waals surface area contributed by atoms with E-state index in [1.54, 1.807) is 0 Å². The van der Waals surface area contributed by atoms with Crippen molar-refractivity contribution in [2.24, 2.45) is 0 Å². The number of rotatable bonds is 5. The highest BCUT2D eigenvalue weighted by molar-refractivity contribution is 5.95. The molecule has 4 nitrogen and oxygen atoms in total. The SMILES string of the molecule is CNCCc1ccccc1C(=O)NN1C(C)CCCC1C. The van der Waals surface area contributed by atoms with Crippen LogP contribution in [0.2, 0.25) is 0 Å². The molecule has 1 aliphatic heterocycles. The van der Waals surface area contributed by atoms with Gasteiger partial charge in [0.1, 0.15) is 0 Å². The molecule has 2 unspecified atom stereocenters. The van der Waals surface area contributed by atoms with Gasteiger partial charge in [0.25, 0.3) is 5.91 Å². The van der Waals surface area contributed by atoms with Gasteiger partial charge in [0.15, 0.2) is 0 Å². The molecule has 0 bridgehead atoms. The molecule has 1 heterocycles. The fourth-order valence-electron chi connectivity index (χ4n) is 3.04. The highest BCUT2D eigenvalue weighted by Crippen LogP contribution is 2.21. The first-order chi connectivity index (χ1) is 10.1. The molecule has 0 radical (unpaired) electrons. The van der Waals surface area contributed by atoms with E-state index in [4.69, 9.17) is 0 Å². The summed E-state index contributed by atoms with van der Waals surface area (Å²) in [4.78, 5) is 12.6. The fraction of sp³-hybridized carbons (Fsp3) is 0.588. The Bertz CT molecular complexity index is 465. The molecule has 4 heteroatoms. The van der Waals surface area contributed by atoms with Gasteiger partial charge in [0, 0.05) is 17.6 Å². The summed E-state index contributed by atoms with van der Waals surface area (Å²) < 4.78 is 0. The lowest BCUT2D eigenvalue weighted by molar-refractivity contribution is 0.0369. The monoisotopic (exact) mass is 289 g/mol. The summed E-state index contributed by atoms with van der Waals surface area (Å²) in [5.74, 6) is 0.0160. The largest absolute Gasteiger partial charge is 0.319 e. The van der Waals surface area contributed by atoms with Crippen LogP contribution in [0.1, 0.15) is 49.0 Å². The van der Waals surface area contributed by atoms with Crippen LogP contribution in [0.15, 0.2) is 24.3 Å². The van der Waals surface area contributed by atoms with Crippen molar-refractivity contribution in [3.63, 3.8) is 0 Å². The number of likely N-dealkylation sites (N-methyl/N-ethyl adjacent to an activating group) is 1. The summed E-state index contributed by atoms with van der Waals surface area (Å²) in [7, 11) is 1.93. The van der Waals surface area contributed by atoms with Crippen LogP contribution in [0.4, 0.5) is 0 Å². The fourth-order valence-corrected chi connectivity index (χ4v) is 3.04. The second-order valence-electron chi connectivity index (χ2n) is 5.99. The molecule has 116 valence electrons. The molecular formula is C17H27N3O. The number of hydrogen-bond acceptors (Lipinski definition) is 3. The van der Waals surface area contributed by atoms with Crippen molar-refractivity contribution >= 4 is 5.91 Å². The Morgan fingerprint density at radius 1 is 1.24 bits per heavy atom. The van der Waals surface area contributed by atoms with Gasteiger partial charge in [-0.25, -0.2) is 5.01 Å². The zero-order valence-corrected chi connectivity index (χ0v) is 13.4. The van der Waals surface area contributed by atoms with E-state index in [1.165, 1.54) is 6.42 Å². The van der Waals surface area contributed by atoms with Gasteiger partial charge in [-0.05, 0) is 58.3 Å². The van der Waals surface area contributed by atoms with Gasteiger partial charge in [0.05, 0.1) is 0 Å². The average Bonchev–Trinajstić information content (AvgIpc) is 2.49. The molecule has 21 heavy (non-hydrogen) atoms. The molecule has 1 aliphatic rings. The van der Waals surface area contributed by atoms with Crippen LogP contribution in [0.25, 0.3) is 0 Å². The summed E-state index contributed by atoms with van der Waals surface area (Å²) in [6.07, 6.45) is 4.40. The van der Waals surface area contributed by atoms with Gasteiger partial charge < -0.3 is 5.32 Å². The van der Waals surface area contributed by atoms with Crippen molar-refractivity contribution in [1.82, 2.24) is 15.8 Å². The van der Waals surface area contributed by atoms with E-state index in [9.17, 15) is 4.79 Å². The second kappa shape index (κ2) is 7.57. The van der Waals surface area contributed by atoms with Gasteiger partial charge in [-0.1, -0.05) is 24.6 Å². The zero-order valence-electron chi connectivity index (χ0n) is 13.4. The van der Waals surface area contributed by atoms with E-state index in [0.29, 0.717) is 12.1 Å². The van der Waals surface area contributed by atoms with Crippen LogP contribution in [0.3, 0.4) is 0 Å². The lowest BCUT2D eigenvalue weighted by atomic mass is 9.99. The predicted octanol–water partition coefficient (Wildman–Crippen LogP) is 2.36. The molecule has 2 rings (SSSR count). The van der Waals surface area contributed by atoms with Gasteiger partial charge in [0.2, 0.25) is 0 Å². The molecule has 1 fully saturated rings. The van der Waals surface area contributed by atoms with Crippen molar-refractivity contribution in [2.75, 3.05) is 13.6 Å². The maximum atomic E-state index is 12.6. The van der Waals surface area contributed by atoms with Crippen molar-refractivity contribution in [3.8, 4) is 0 Å². The first-order valence-electron chi connectivity index (χ1n) is 7.95. The van der Waals surface area contributed by atoms with Crippen molar-refractivity contribution in [1.29, 1.82) is 0 Å². The normalized spacial score (nSPS) is 23.0. The first kappa shape index (κ1) is 16.0. The Hall–Kier alpha value is -1.39. The highest BCUT2D eigenvalue weighted by Gasteiger charge is 2.26. The highest BCUT2D eigenvalue weighted by atomic mass is 16.2. The number of amides is 1. The molecule has 0 aromatic heterocycles. The number of nitrogens with one attached hydrogen (secondary N) is 2. The number of carbonyl (C=O) groups excluding carboxylic acids is 1. The van der Waals surface area contributed by atoms with E-state index in [2.05, 4.69) is 29.6 Å². The lowest BCUT2D eigenvalue weighted by Gasteiger charge is -2.38. The molecule has 0 saturated carbocycles. The van der Waals surface area contributed by atoms with Crippen LogP contribution < -0.4 is 10.7 Å². The van der Waals surface area contributed by atoms with Crippen LogP contribution in [-0.4, -0.2) is 36.6 Å². The molecule has 2 atom stereocenters. The Labute approximate surface area is 127 Å². The molecule has 1 aromatic rings. The van der Waals surface area contributed by atoms with Crippen LogP contribution in [-0.2, 0) is 6.42 Å². The maximum absolute atomic E-state index is 12.6. The lowest BCUT2D eigenvalue weighted by Crippen LogP contribution is -2.54. The van der Waals surface area contributed by atoms with Crippen LogP contribution >= 0.6 is 0 Å². The number of nitrogens with zero attached hydrogens (tertiary/aromatic N) is 1. The van der Waals surface area contributed by atoms with E-state index in [0.717, 1.165) is 36.9 Å². The van der Waals surface area contributed by atoms with Crippen molar-refractivity contribution < 1.29 is 4.79 Å². The molecule has 1 aromatic carbocycles. The summed E-state index contributed by atoms with van der Waals surface area (Å²) in [5.41, 5.74) is 5.01. The molecule has 0 aliphatic carbocycles. The number of benzene rings is 1. The Balaban J connectivity index is 2.09. The third kappa shape index (κ3) is 4.05. The smallest absolute Gasteiger partial charge is 0.265 e. The molecule has 1 saturated heterocycles. The summed E-state index contributed by atoms with van der Waals surface area (Å²) in [6.45, 7) is 5.24. The van der Waals surface area contributed by atoms with Crippen LogP contribution in [0, 0.1) is 0 Å². The summed E-state index contributed by atoms with van der Waals surface area (Å²) in [6, 6.07) is 8.69. The average molecular weight is 289 g/mol. The molecule has 2 N–H and O–H groups in total. The predicted molar refractivity (Wildman–Crippen MR) is 86.2 cm³/mol. The summed E-state index contributed by atoms with van der Waals surface area (Å²) >= 11 is 0. The van der Waals surface area contributed by atoms with E-state index >= 15 is 0 Å². The Morgan fingerprint density at radius 3 is 2.57 bits per heavy atom. The van der Waals surface area contributed by atoms with Crippen molar-refractivity contribution in [2.45, 2.75) is 51.6 Å². The van der Waals surface area contributed by atoms with Crippen LogP contribution in [0.5, 0.6) is 0 Å². The minimum absolute atomic E-state index is 0.0160. The Kier molecular flexibility index (Phi) is 5.76. The van der Waals surface area contributed by atoms with E-state index in [1.807, 2.05) is 31.3 Å². The standard InChI is InChI=1S/C17H27N3O/c1-13-7-6-8-14(2)20(13)19-17(21)16-10-5-4-9-15(16)11-12-18-3/h4-5,9-10,13-14,18H,6-8,11-12H2,1-3H3,(H,19,21). The van der Waals surface area contributed by atoms with Crippen molar-refractivity contribution in [3.05, 3.63) is 35.4 Å². The van der Waals surface area contributed by atoms with Gasteiger partial charge in [-0.15, -0.1) is 0 Å². The number of carbonyl (C=O) groups is 1. The molecular weight excluding hydrogens is 262 g/mol. The third-order valence-corrected chi connectivity index (χ3v) is 4.33. The van der Waals surface area contributed by atoms with Gasteiger partial charge in [-0.3, -0.25) is 10.2 Å². The Morgan fingerprint density at radius 2 is 1.90 bits per heavy atom. The van der Waals surface area contributed by atoms with Gasteiger partial charge >= 0.3 is 0 Å².